The Morgan fingerprint density at radius 2 is 1.05 bits per heavy atom. The topological polar surface area (TPSA) is 0 Å². The molecule has 19 heavy (non-hydrogen) atoms. The Morgan fingerprint density at radius 3 is 1.47 bits per heavy atom. The van der Waals surface area contributed by atoms with Gasteiger partial charge in [0.05, 0.1) is 0 Å². The molecule has 0 aromatic heterocycles. The van der Waals surface area contributed by atoms with Crippen LogP contribution in [0.4, 0.5) is 0 Å². The molecule has 0 spiro atoms. The third kappa shape index (κ3) is 8.71. The third-order valence-electron chi connectivity index (χ3n) is 5.50. The Morgan fingerprint density at radius 1 is 0.579 bits per heavy atom. The third-order valence-corrected chi connectivity index (χ3v) is 5.50. The van der Waals surface area contributed by atoms with E-state index in [0.717, 1.165) is 29.6 Å². The van der Waals surface area contributed by atoms with Gasteiger partial charge in [-0.15, -0.1) is 0 Å². The molecular formula is C19H40. The standard InChI is InChI=1S/C19H40/c1-8-10-16(4)12-14-18(6)19(7)17(5)13-11-15(3)9-2/h15-19H,8-14H2,1-7H3. The smallest absolute Gasteiger partial charge is 0.0391 e. The first-order valence-electron chi connectivity index (χ1n) is 8.92. The Hall–Kier alpha value is 0. The molecule has 5 atom stereocenters. The lowest BCUT2D eigenvalue weighted by atomic mass is 9.78. The van der Waals surface area contributed by atoms with Crippen LogP contribution in [-0.4, -0.2) is 0 Å². The summed E-state index contributed by atoms with van der Waals surface area (Å²) in [6.07, 6.45) is 9.78. The van der Waals surface area contributed by atoms with E-state index in [1.807, 2.05) is 0 Å². The predicted octanol–water partition coefficient (Wildman–Crippen LogP) is 6.94. The Kier molecular flexibility index (Phi) is 10.7. The highest BCUT2D eigenvalue weighted by Crippen LogP contribution is 2.30. The van der Waals surface area contributed by atoms with E-state index in [-0.39, 0.29) is 0 Å². The zero-order chi connectivity index (χ0) is 14.8. The summed E-state index contributed by atoms with van der Waals surface area (Å²) in [6.45, 7) is 16.9. The Bertz CT molecular complexity index is 196. The minimum Gasteiger partial charge on any atom is -0.0654 e. The van der Waals surface area contributed by atoms with Crippen LogP contribution in [-0.2, 0) is 0 Å². The SMILES string of the molecule is CCCC(C)CCC(C)C(C)C(C)CCC(C)CC. The van der Waals surface area contributed by atoms with Gasteiger partial charge in [-0.3, -0.25) is 0 Å². The summed E-state index contributed by atoms with van der Waals surface area (Å²) in [6, 6.07) is 0. The van der Waals surface area contributed by atoms with Crippen LogP contribution >= 0.6 is 0 Å². The van der Waals surface area contributed by atoms with E-state index < -0.39 is 0 Å². The molecule has 0 aliphatic rings. The summed E-state index contributed by atoms with van der Waals surface area (Å²) in [5, 5.41) is 0. The molecule has 0 nitrogen and oxygen atoms in total. The molecule has 0 amide bonds. The van der Waals surface area contributed by atoms with E-state index in [2.05, 4.69) is 48.5 Å². The zero-order valence-electron chi connectivity index (χ0n) is 14.8. The predicted molar refractivity (Wildman–Crippen MR) is 89.5 cm³/mol. The molecular weight excluding hydrogens is 228 g/mol. The monoisotopic (exact) mass is 268 g/mol. The Balaban J connectivity index is 3.92. The van der Waals surface area contributed by atoms with Crippen molar-refractivity contribution in [3.8, 4) is 0 Å². The number of hydrogen-bond donors (Lipinski definition) is 0. The fourth-order valence-corrected chi connectivity index (χ4v) is 3.02. The van der Waals surface area contributed by atoms with Crippen LogP contribution in [0.1, 0.15) is 93.4 Å². The van der Waals surface area contributed by atoms with Gasteiger partial charge < -0.3 is 0 Å². The van der Waals surface area contributed by atoms with Gasteiger partial charge in [-0.2, -0.15) is 0 Å². The van der Waals surface area contributed by atoms with Crippen LogP contribution in [0.5, 0.6) is 0 Å². The van der Waals surface area contributed by atoms with Crippen molar-refractivity contribution in [2.45, 2.75) is 93.4 Å². The lowest BCUT2D eigenvalue weighted by Gasteiger charge is -2.28. The van der Waals surface area contributed by atoms with Gasteiger partial charge in [0.1, 0.15) is 0 Å². The number of hydrogen-bond acceptors (Lipinski definition) is 0. The second-order valence-corrected chi connectivity index (χ2v) is 7.38. The normalized spacial score (nSPS) is 19.7. The van der Waals surface area contributed by atoms with Crippen molar-refractivity contribution >= 4 is 0 Å². The highest BCUT2D eigenvalue weighted by molar-refractivity contribution is 4.70. The van der Waals surface area contributed by atoms with E-state index in [9.17, 15) is 0 Å². The molecule has 0 aliphatic heterocycles. The molecule has 0 heteroatoms. The maximum atomic E-state index is 2.48. The molecule has 116 valence electrons. The second-order valence-electron chi connectivity index (χ2n) is 7.38. The largest absolute Gasteiger partial charge is 0.0654 e. The number of rotatable bonds is 11. The molecule has 0 saturated carbocycles. The minimum atomic E-state index is 0.887. The maximum absolute atomic E-state index is 2.48. The van der Waals surface area contributed by atoms with Crippen LogP contribution in [0.25, 0.3) is 0 Å². The molecule has 0 fully saturated rings. The maximum Gasteiger partial charge on any atom is -0.0391 e. The van der Waals surface area contributed by atoms with Gasteiger partial charge in [0.2, 0.25) is 0 Å². The zero-order valence-corrected chi connectivity index (χ0v) is 14.8. The summed E-state index contributed by atoms with van der Waals surface area (Å²) < 4.78 is 0. The molecule has 0 aliphatic carbocycles. The molecule has 0 bridgehead atoms. The van der Waals surface area contributed by atoms with E-state index in [4.69, 9.17) is 0 Å². The van der Waals surface area contributed by atoms with Crippen molar-refractivity contribution in [1.82, 2.24) is 0 Å². The van der Waals surface area contributed by atoms with Crippen molar-refractivity contribution in [2.24, 2.45) is 29.6 Å². The van der Waals surface area contributed by atoms with Crippen LogP contribution < -0.4 is 0 Å². The lowest BCUT2D eigenvalue weighted by Crippen LogP contribution is -2.18. The van der Waals surface area contributed by atoms with E-state index >= 15 is 0 Å². The summed E-state index contributed by atoms with van der Waals surface area (Å²) >= 11 is 0. The quantitative estimate of drug-likeness (QED) is 0.381. The first-order valence-corrected chi connectivity index (χ1v) is 8.92. The second kappa shape index (κ2) is 10.7. The van der Waals surface area contributed by atoms with E-state index in [1.165, 1.54) is 44.9 Å². The van der Waals surface area contributed by atoms with Gasteiger partial charge in [-0.1, -0.05) is 93.4 Å². The van der Waals surface area contributed by atoms with Crippen LogP contribution in [0.15, 0.2) is 0 Å². The van der Waals surface area contributed by atoms with Crippen LogP contribution in [0.2, 0.25) is 0 Å². The molecule has 0 heterocycles. The summed E-state index contributed by atoms with van der Waals surface area (Å²) in [7, 11) is 0. The van der Waals surface area contributed by atoms with Crippen molar-refractivity contribution in [2.75, 3.05) is 0 Å². The molecule has 0 saturated heterocycles. The molecule has 0 radical (unpaired) electrons. The van der Waals surface area contributed by atoms with Crippen molar-refractivity contribution < 1.29 is 0 Å². The van der Waals surface area contributed by atoms with Crippen molar-refractivity contribution in [1.29, 1.82) is 0 Å². The molecule has 0 N–H and O–H groups in total. The van der Waals surface area contributed by atoms with Gasteiger partial charge in [0.25, 0.3) is 0 Å². The average Bonchev–Trinajstić information content (AvgIpc) is 2.40. The first kappa shape index (κ1) is 19.0. The summed E-state index contributed by atoms with van der Waals surface area (Å²) in [5.41, 5.74) is 0. The molecule has 0 aromatic rings. The van der Waals surface area contributed by atoms with Crippen LogP contribution in [0, 0.1) is 29.6 Å². The molecule has 5 unspecified atom stereocenters. The minimum absolute atomic E-state index is 0.887. The first-order chi connectivity index (χ1) is 8.92. The highest BCUT2D eigenvalue weighted by Gasteiger charge is 2.19. The fraction of sp³-hybridized carbons (Fsp3) is 1.00. The van der Waals surface area contributed by atoms with Crippen LogP contribution in [0.3, 0.4) is 0 Å². The van der Waals surface area contributed by atoms with Gasteiger partial charge in [0.15, 0.2) is 0 Å². The highest BCUT2D eigenvalue weighted by atomic mass is 14.3. The molecule has 0 aromatic carbocycles. The fourth-order valence-electron chi connectivity index (χ4n) is 3.02. The Labute approximate surface area is 123 Å². The van der Waals surface area contributed by atoms with E-state index in [1.54, 1.807) is 0 Å². The molecule has 0 rings (SSSR count). The summed E-state index contributed by atoms with van der Waals surface area (Å²) in [4.78, 5) is 0. The average molecular weight is 269 g/mol. The van der Waals surface area contributed by atoms with Gasteiger partial charge >= 0.3 is 0 Å². The summed E-state index contributed by atoms with van der Waals surface area (Å²) in [5.74, 6) is 4.51. The van der Waals surface area contributed by atoms with Gasteiger partial charge in [-0.25, -0.2) is 0 Å². The van der Waals surface area contributed by atoms with Crippen molar-refractivity contribution in [3.63, 3.8) is 0 Å². The van der Waals surface area contributed by atoms with Crippen molar-refractivity contribution in [3.05, 3.63) is 0 Å². The van der Waals surface area contributed by atoms with Gasteiger partial charge in [-0.05, 0) is 29.6 Å². The van der Waals surface area contributed by atoms with E-state index in [0.29, 0.717) is 0 Å². The lowest BCUT2D eigenvalue weighted by molar-refractivity contribution is 0.229. The van der Waals surface area contributed by atoms with Gasteiger partial charge in [0, 0.05) is 0 Å².